The molecule has 0 amide bonds. The minimum atomic E-state index is -1.30. The summed E-state index contributed by atoms with van der Waals surface area (Å²) in [5.74, 6) is -1.95. The Hall–Kier alpha value is -0.900. The van der Waals surface area contributed by atoms with Gasteiger partial charge >= 0.3 is 5.97 Å². The van der Waals surface area contributed by atoms with Gasteiger partial charge in [0.2, 0.25) is 5.78 Å². The molecule has 0 rings (SSSR count). The molecule has 22 heavy (non-hydrogen) atoms. The number of Topliss-reactive ketones (excluding diaryl/α,β-unsaturated/α-hetero) is 1. The Labute approximate surface area is 135 Å². The van der Waals surface area contributed by atoms with Crippen molar-refractivity contribution in [3.63, 3.8) is 0 Å². The summed E-state index contributed by atoms with van der Waals surface area (Å²) in [7, 11) is 0. The van der Waals surface area contributed by atoms with Crippen molar-refractivity contribution in [3.8, 4) is 0 Å². The zero-order chi connectivity index (χ0) is 16.5. The zero-order valence-electron chi connectivity index (χ0n) is 14.0. The van der Waals surface area contributed by atoms with E-state index < -0.39 is 11.8 Å². The number of carbonyl (C=O) groups is 2. The van der Waals surface area contributed by atoms with Crippen LogP contribution < -0.4 is 0 Å². The Morgan fingerprint density at radius 2 is 0.864 bits per heavy atom. The van der Waals surface area contributed by atoms with Gasteiger partial charge in [-0.05, 0) is 12.8 Å². The Morgan fingerprint density at radius 3 is 1.18 bits per heavy atom. The number of hydrogen-bond donors (Lipinski definition) is 2. The van der Waals surface area contributed by atoms with Crippen molar-refractivity contribution in [3.05, 3.63) is 0 Å². The van der Waals surface area contributed by atoms with Crippen molar-refractivity contribution in [1.29, 1.82) is 0 Å². The van der Waals surface area contributed by atoms with Gasteiger partial charge in [0.15, 0.2) is 0 Å². The SMILES string of the molecule is O=C(O)C(=O)CCCCCCCCCCCCCCCCO. The van der Waals surface area contributed by atoms with E-state index in [2.05, 4.69) is 0 Å². The maximum Gasteiger partial charge on any atom is 0.372 e. The third-order valence-corrected chi connectivity index (χ3v) is 4.05. The number of hydrogen-bond acceptors (Lipinski definition) is 3. The smallest absolute Gasteiger partial charge is 0.372 e. The van der Waals surface area contributed by atoms with Gasteiger partial charge in [0.05, 0.1) is 0 Å². The summed E-state index contributed by atoms with van der Waals surface area (Å²) in [5.41, 5.74) is 0. The Morgan fingerprint density at radius 1 is 0.545 bits per heavy atom. The number of carboxylic acid groups (broad SMARTS) is 1. The fourth-order valence-corrected chi connectivity index (χ4v) is 2.63. The van der Waals surface area contributed by atoms with Crippen molar-refractivity contribution >= 4 is 11.8 Å². The maximum atomic E-state index is 10.9. The van der Waals surface area contributed by atoms with E-state index in [0.717, 1.165) is 25.7 Å². The normalized spacial score (nSPS) is 10.8. The van der Waals surface area contributed by atoms with Crippen molar-refractivity contribution in [1.82, 2.24) is 0 Å². The molecule has 4 nitrogen and oxygen atoms in total. The van der Waals surface area contributed by atoms with Crippen LogP contribution in [0.2, 0.25) is 0 Å². The molecule has 4 heteroatoms. The second-order valence-corrected chi connectivity index (χ2v) is 6.15. The van der Waals surface area contributed by atoms with Crippen LogP contribution in [0, 0.1) is 0 Å². The predicted molar refractivity (Wildman–Crippen MR) is 89.0 cm³/mol. The number of rotatable bonds is 17. The molecular weight excluding hydrogens is 280 g/mol. The lowest BCUT2D eigenvalue weighted by molar-refractivity contribution is -0.149. The highest BCUT2D eigenvalue weighted by Crippen LogP contribution is 2.13. The van der Waals surface area contributed by atoms with E-state index >= 15 is 0 Å². The number of unbranched alkanes of at least 4 members (excludes halogenated alkanes) is 13. The number of ketones is 1. The van der Waals surface area contributed by atoms with E-state index in [1.807, 2.05) is 0 Å². The van der Waals surface area contributed by atoms with E-state index in [4.69, 9.17) is 10.2 Å². The summed E-state index contributed by atoms with van der Waals surface area (Å²) in [6, 6.07) is 0. The van der Waals surface area contributed by atoms with E-state index in [1.54, 1.807) is 0 Å². The van der Waals surface area contributed by atoms with Gasteiger partial charge in [0.1, 0.15) is 0 Å². The lowest BCUT2D eigenvalue weighted by Crippen LogP contribution is -2.11. The molecule has 0 aliphatic rings. The molecule has 0 heterocycles. The molecule has 0 saturated carbocycles. The number of carboxylic acids is 1. The van der Waals surface area contributed by atoms with Gasteiger partial charge in [0.25, 0.3) is 0 Å². The predicted octanol–water partition coefficient (Wildman–Crippen LogP) is 4.48. The van der Waals surface area contributed by atoms with Gasteiger partial charge < -0.3 is 10.2 Å². The van der Waals surface area contributed by atoms with Crippen molar-refractivity contribution in [2.75, 3.05) is 6.61 Å². The van der Waals surface area contributed by atoms with Gasteiger partial charge in [-0.2, -0.15) is 0 Å². The number of aliphatic hydroxyl groups excluding tert-OH is 1. The van der Waals surface area contributed by atoms with Crippen LogP contribution >= 0.6 is 0 Å². The van der Waals surface area contributed by atoms with E-state index in [0.29, 0.717) is 13.0 Å². The first-order valence-electron chi connectivity index (χ1n) is 9.05. The quantitative estimate of drug-likeness (QED) is 0.306. The van der Waals surface area contributed by atoms with Gasteiger partial charge in [-0.15, -0.1) is 0 Å². The Balaban J connectivity index is 3.05. The highest BCUT2D eigenvalue weighted by molar-refractivity contribution is 6.32. The summed E-state index contributed by atoms with van der Waals surface area (Å²) in [6.07, 6.45) is 16.7. The average Bonchev–Trinajstić information content (AvgIpc) is 2.50. The Bertz CT molecular complexity index is 276. The molecule has 2 N–H and O–H groups in total. The fourth-order valence-electron chi connectivity index (χ4n) is 2.63. The van der Waals surface area contributed by atoms with Gasteiger partial charge in [-0.3, -0.25) is 4.79 Å². The van der Waals surface area contributed by atoms with Crippen molar-refractivity contribution in [2.24, 2.45) is 0 Å². The van der Waals surface area contributed by atoms with Crippen LogP contribution in [0.3, 0.4) is 0 Å². The first-order valence-corrected chi connectivity index (χ1v) is 9.05. The van der Waals surface area contributed by atoms with Gasteiger partial charge in [-0.25, -0.2) is 4.79 Å². The lowest BCUT2D eigenvalue weighted by atomic mass is 10.0. The van der Waals surface area contributed by atoms with Crippen LogP contribution in [-0.2, 0) is 9.59 Å². The number of aliphatic hydroxyl groups is 1. The minimum Gasteiger partial charge on any atom is -0.476 e. The molecule has 0 aromatic carbocycles. The first-order chi connectivity index (χ1) is 10.7. The second-order valence-electron chi connectivity index (χ2n) is 6.15. The van der Waals surface area contributed by atoms with E-state index in [9.17, 15) is 9.59 Å². The van der Waals surface area contributed by atoms with Crippen molar-refractivity contribution in [2.45, 2.75) is 96.3 Å². The third-order valence-electron chi connectivity index (χ3n) is 4.05. The third kappa shape index (κ3) is 15.5. The number of aliphatic carboxylic acids is 1. The number of carbonyl (C=O) groups excluding carboxylic acids is 1. The largest absolute Gasteiger partial charge is 0.476 e. The molecule has 0 spiro atoms. The molecular formula is C18H34O4. The molecule has 0 atom stereocenters. The van der Waals surface area contributed by atoms with E-state index in [1.165, 1.54) is 57.8 Å². The monoisotopic (exact) mass is 314 g/mol. The summed E-state index contributed by atoms with van der Waals surface area (Å²) in [4.78, 5) is 21.2. The summed E-state index contributed by atoms with van der Waals surface area (Å²) in [5, 5.41) is 17.1. The lowest BCUT2D eigenvalue weighted by Gasteiger charge is -2.03. The standard InChI is InChI=1S/C18H34O4/c19-16-14-12-10-8-6-4-2-1-3-5-7-9-11-13-15-17(20)18(21)22/h19H,1-16H2,(H,21,22). The summed E-state index contributed by atoms with van der Waals surface area (Å²) < 4.78 is 0. The first kappa shape index (κ1) is 21.1. The zero-order valence-corrected chi connectivity index (χ0v) is 14.0. The Kier molecular flexibility index (Phi) is 15.8. The molecule has 130 valence electrons. The minimum absolute atomic E-state index is 0.188. The molecule has 0 aromatic rings. The average molecular weight is 314 g/mol. The van der Waals surface area contributed by atoms with Crippen LogP contribution in [0.5, 0.6) is 0 Å². The molecule has 0 saturated heterocycles. The molecule has 0 aromatic heterocycles. The summed E-state index contributed by atoms with van der Waals surface area (Å²) in [6.45, 7) is 0.329. The summed E-state index contributed by atoms with van der Waals surface area (Å²) >= 11 is 0. The van der Waals surface area contributed by atoms with Crippen molar-refractivity contribution < 1.29 is 19.8 Å². The van der Waals surface area contributed by atoms with E-state index in [-0.39, 0.29) is 6.42 Å². The van der Waals surface area contributed by atoms with Crippen LogP contribution in [0.25, 0.3) is 0 Å². The van der Waals surface area contributed by atoms with Crippen LogP contribution in [-0.4, -0.2) is 28.6 Å². The fraction of sp³-hybridized carbons (Fsp3) is 0.889. The highest BCUT2D eigenvalue weighted by Gasteiger charge is 2.09. The highest BCUT2D eigenvalue weighted by atomic mass is 16.4. The second kappa shape index (κ2) is 16.5. The maximum absolute atomic E-state index is 10.9. The van der Waals surface area contributed by atoms with Gasteiger partial charge in [-0.1, -0.05) is 77.0 Å². The van der Waals surface area contributed by atoms with Gasteiger partial charge in [0, 0.05) is 13.0 Å². The molecule has 0 aliphatic carbocycles. The van der Waals surface area contributed by atoms with Crippen LogP contribution in [0.4, 0.5) is 0 Å². The molecule has 0 fully saturated rings. The molecule has 0 unspecified atom stereocenters. The van der Waals surface area contributed by atoms with Crippen LogP contribution in [0.1, 0.15) is 96.3 Å². The van der Waals surface area contributed by atoms with Crippen LogP contribution in [0.15, 0.2) is 0 Å². The molecule has 0 radical (unpaired) electrons. The molecule has 0 aliphatic heterocycles. The topological polar surface area (TPSA) is 74.6 Å². The molecule has 0 bridgehead atoms.